The number of carbonyl (C=O) groups is 1. The number of hydrogen-bond donors (Lipinski definition) is 1. The van der Waals surface area contributed by atoms with Gasteiger partial charge in [0.15, 0.2) is 11.5 Å². The minimum absolute atomic E-state index is 0.223. The van der Waals surface area contributed by atoms with Crippen LogP contribution in [0.25, 0.3) is 10.9 Å². The van der Waals surface area contributed by atoms with Crippen LogP contribution in [-0.4, -0.2) is 23.9 Å². The molecule has 1 aliphatic heterocycles. The summed E-state index contributed by atoms with van der Waals surface area (Å²) >= 11 is 0. The van der Waals surface area contributed by atoms with Gasteiger partial charge in [0.2, 0.25) is 6.79 Å². The van der Waals surface area contributed by atoms with E-state index >= 15 is 0 Å². The van der Waals surface area contributed by atoms with Gasteiger partial charge in [0.25, 0.3) is 5.91 Å². The van der Waals surface area contributed by atoms with Crippen molar-refractivity contribution in [3.63, 3.8) is 0 Å². The van der Waals surface area contributed by atoms with Gasteiger partial charge in [0.05, 0.1) is 17.3 Å². The third-order valence-corrected chi connectivity index (χ3v) is 3.87. The lowest BCUT2D eigenvalue weighted by molar-refractivity contribution is 0.0956. The van der Waals surface area contributed by atoms with Crippen LogP contribution in [-0.2, 0) is 0 Å². The highest BCUT2D eigenvalue weighted by atomic mass is 16.7. The van der Waals surface area contributed by atoms with Crippen LogP contribution in [0, 0.1) is 6.92 Å². The van der Waals surface area contributed by atoms with Gasteiger partial charge in [0, 0.05) is 11.1 Å². The largest absolute Gasteiger partial charge is 0.454 e. The third-order valence-electron chi connectivity index (χ3n) is 3.87. The highest BCUT2D eigenvalue weighted by Gasteiger charge is 2.13. The number of carbonyl (C=O) groups excluding carboxylic acids is 1. The number of nitrogens with one attached hydrogen (secondary N) is 1. The maximum atomic E-state index is 12.5. The summed E-state index contributed by atoms with van der Waals surface area (Å²) in [6, 6.07) is 14.8. The second kappa shape index (κ2) is 6.24. The molecule has 0 fully saturated rings. The Morgan fingerprint density at radius 3 is 2.92 bits per heavy atom. The lowest BCUT2D eigenvalue weighted by Crippen LogP contribution is -2.18. The first kappa shape index (κ1) is 15.1. The fraction of sp³-hybridized carbons (Fsp3) is 0.105. The Hall–Kier alpha value is -3.41. The van der Waals surface area contributed by atoms with Crippen LogP contribution >= 0.6 is 0 Å². The summed E-state index contributed by atoms with van der Waals surface area (Å²) in [6.45, 7) is 2.08. The Labute approximate surface area is 144 Å². The first-order valence-electron chi connectivity index (χ1n) is 7.80. The number of ether oxygens (including phenoxy) is 2. The van der Waals surface area contributed by atoms with Gasteiger partial charge in [-0.1, -0.05) is 18.2 Å². The van der Waals surface area contributed by atoms with Crippen LogP contribution in [0.15, 0.2) is 53.6 Å². The zero-order chi connectivity index (χ0) is 17.2. The molecule has 3 aromatic rings. The fourth-order valence-electron chi connectivity index (χ4n) is 2.71. The molecule has 2 aromatic carbocycles. The molecule has 0 saturated heterocycles. The number of benzene rings is 2. The number of pyridine rings is 1. The minimum Gasteiger partial charge on any atom is -0.454 e. The number of fused-ring (bicyclic) bond motifs is 2. The number of amides is 1. The zero-order valence-corrected chi connectivity index (χ0v) is 13.5. The van der Waals surface area contributed by atoms with Gasteiger partial charge in [-0.25, -0.2) is 5.43 Å². The molecule has 0 bridgehead atoms. The van der Waals surface area contributed by atoms with E-state index in [4.69, 9.17) is 9.47 Å². The first-order valence-corrected chi connectivity index (χ1v) is 7.80. The van der Waals surface area contributed by atoms with E-state index in [1.54, 1.807) is 12.3 Å². The van der Waals surface area contributed by atoms with Gasteiger partial charge < -0.3 is 9.47 Å². The van der Waals surface area contributed by atoms with E-state index in [9.17, 15) is 4.79 Å². The predicted octanol–water partition coefficient (Wildman–Crippen LogP) is 3.04. The smallest absolute Gasteiger partial charge is 0.272 e. The summed E-state index contributed by atoms with van der Waals surface area (Å²) in [5.41, 5.74) is 5.48. The molecule has 124 valence electrons. The monoisotopic (exact) mass is 333 g/mol. The number of aryl methyl sites for hydroxylation is 1. The Kier molecular flexibility index (Phi) is 3.78. The molecule has 1 aliphatic rings. The SMILES string of the molecule is Cc1cc(C(=O)N/N=C/c2ccc3c(c2)OCO3)c2ccccc2n1. The minimum atomic E-state index is -0.279. The Morgan fingerprint density at radius 2 is 2.00 bits per heavy atom. The molecule has 0 aliphatic carbocycles. The van der Waals surface area contributed by atoms with Gasteiger partial charge in [0.1, 0.15) is 0 Å². The molecule has 0 radical (unpaired) electrons. The van der Waals surface area contributed by atoms with Crippen LogP contribution < -0.4 is 14.9 Å². The molecule has 0 saturated carbocycles. The van der Waals surface area contributed by atoms with Crippen molar-refractivity contribution in [2.24, 2.45) is 5.10 Å². The number of nitrogens with zero attached hydrogens (tertiary/aromatic N) is 2. The maximum Gasteiger partial charge on any atom is 0.272 e. The lowest BCUT2D eigenvalue weighted by Gasteiger charge is -2.06. The number of rotatable bonds is 3. The van der Waals surface area contributed by atoms with Gasteiger partial charge >= 0.3 is 0 Å². The van der Waals surface area contributed by atoms with Gasteiger partial charge in [-0.05, 0) is 42.8 Å². The van der Waals surface area contributed by atoms with Crippen molar-refractivity contribution in [2.45, 2.75) is 6.92 Å². The third kappa shape index (κ3) is 3.01. The highest BCUT2D eigenvalue weighted by molar-refractivity contribution is 6.06. The van der Waals surface area contributed by atoms with Crippen molar-refractivity contribution in [1.82, 2.24) is 10.4 Å². The summed E-state index contributed by atoms with van der Waals surface area (Å²) in [7, 11) is 0. The second-order valence-corrected chi connectivity index (χ2v) is 5.64. The molecule has 1 aromatic heterocycles. The molecule has 0 atom stereocenters. The van der Waals surface area contributed by atoms with Gasteiger partial charge in [-0.3, -0.25) is 9.78 Å². The normalized spacial score (nSPS) is 12.7. The number of para-hydroxylation sites is 1. The Balaban J connectivity index is 1.55. The van der Waals surface area contributed by atoms with Crippen LogP contribution in [0.5, 0.6) is 11.5 Å². The lowest BCUT2D eigenvalue weighted by atomic mass is 10.1. The van der Waals surface area contributed by atoms with E-state index in [0.29, 0.717) is 17.1 Å². The predicted molar refractivity (Wildman–Crippen MR) is 94.1 cm³/mol. The van der Waals surface area contributed by atoms with E-state index in [0.717, 1.165) is 22.2 Å². The van der Waals surface area contributed by atoms with Gasteiger partial charge in [-0.2, -0.15) is 5.10 Å². The van der Waals surface area contributed by atoms with Gasteiger partial charge in [-0.15, -0.1) is 0 Å². The van der Waals surface area contributed by atoms with E-state index in [2.05, 4.69) is 15.5 Å². The molecule has 6 nitrogen and oxygen atoms in total. The van der Waals surface area contributed by atoms with Crippen LogP contribution in [0.1, 0.15) is 21.6 Å². The van der Waals surface area contributed by atoms with Crippen LogP contribution in [0.4, 0.5) is 0 Å². The molecular weight excluding hydrogens is 318 g/mol. The highest BCUT2D eigenvalue weighted by Crippen LogP contribution is 2.31. The topological polar surface area (TPSA) is 72.8 Å². The molecular formula is C19H15N3O3. The van der Waals surface area contributed by atoms with E-state index in [1.165, 1.54) is 0 Å². The number of hydrazone groups is 1. The van der Waals surface area contributed by atoms with Crippen molar-refractivity contribution in [2.75, 3.05) is 6.79 Å². The van der Waals surface area contributed by atoms with E-state index < -0.39 is 0 Å². The molecule has 6 heteroatoms. The second-order valence-electron chi connectivity index (χ2n) is 5.64. The summed E-state index contributed by atoms with van der Waals surface area (Å²) in [6.07, 6.45) is 1.57. The summed E-state index contributed by atoms with van der Waals surface area (Å²) in [5.74, 6) is 1.10. The van der Waals surface area contributed by atoms with Crippen molar-refractivity contribution < 1.29 is 14.3 Å². The maximum absolute atomic E-state index is 12.5. The quantitative estimate of drug-likeness (QED) is 0.591. The molecule has 2 heterocycles. The molecule has 0 unspecified atom stereocenters. The zero-order valence-electron chi connectivity index (χ0n) is 13.5. The summed E-state index contributed by atoms with van der Waals surface area (Å²) in [4.78, 5) is 16.9. The van der Waals surface area contributed by atoms with E-state index in [-0.39, 0.29) is 12.7 Å². The molecule has 25 heavy (non-hydrogen) atoms. The average molecular weight is 333 g/mol. The first-order chi connectivity index (χ1) is 12.2. The Morgan fingerprint density at radius 1 is 1.16 bits per heavy atom. The van der Waals surface area contributed by atoms with Crippen LogP contribution in [0.2, 0.25) is 0 Å². The summed E-state index contributed by atoms with van der Waals surface area (Å²) < 4.78 is 10.6. The summed E-state index contributed by atoms with van der Waals surface area (Å²) in [5, 5.41) is 4.83. The molecule has 4 rings (SSSR count). The van der Waals surface area contributed by atoms with Crippen molar-refractivity contribution in [3.05, 3.63) is 65.4 Å². The fourth-order valence-corrected chi connectivity index (χ4v) is 2.71. The molecule has 1 N–H and O–H groups in total. The standard InChI is InChI=1S/C19H15N3O3/c1-12-8-15(14-4-2-3-5-16(14)21-12)19(23)22-20-10-13-6-7-17-18(9-13)25-11-24-17/h2-10H,11H2,1H3,(H,22,23)/b20-10+. The number of aromatic nitrogens is 1. The Bertz CT molecular complexity index is 998. The number of hydrogen-bond acceptors (Lipinski definition) is 5. The molecule has 1 amide bonds. The van der Waals surface area contributed by atoms with Crippen molar-refractivity contribution in [1.29, 1.82) is 0 Å². The van der Waals surface area contributed by atoms with Crippen molar-refractivity contribution >= 4 is 23.0 Å². The van der Waals surface area contributed by atoms with E-state index in [1.807, 2.05) is 49.4 Å². The van der Waals surface area contributed by atoms with Crippen molar-refractivity contribution in [3.8, 4) is 11.5 Å². The average Bonchev–Trinajstić information content (AvgIpc) is 3.08. The van der Waals surface area contributed by atoms with Crippen LogP contribution in [0.3, 0.4) is 0 Å². The molecule has 0 spiro atoms.